The summed E-state index contributed by atoms with van der Waals surface area (Å²) in [4.78, 5) is 2.21. The highest BCUT2D eigenvalue weighted by molar-refractivity contribution is 5.59. The smallest absolute Gasteiger partial charge is 0.122 e. The predicted octanol–water partition coefficient (Wildman–Crippen LogP) is 3.44. The highest BCUT2D eigenvalue weighted by Crippen LogP contribution is 2.42. The van der Waals surface area contributed by atoms with Gasteiger partial charge in [-0.1, -0.05) is 6.42 Å². The Balaban J connectivity index is 2.22. The number of ether oxygens (including phenoxy) is 1. The Labute approximate surface area is 115 Å². The van der Waals surface area contributed by atoms with Gasteiger partial charge in [0.15, 0.2) is 0 Å². The lowest BCUT2D eigenvalue weighted by Gasteiger charge is -2.39. The van der Waals surface area contributed by atoms with Crippen LogP contribution in [0.5, 0.6) is 5.75 Å². The molecule has 0 unspecified atom stereocenters. The fourth-order valence-electron chi connectivity index (χ4n) is 2.86. The second-order valence-electron chi connectivity index (χ2n) is 5.64. The molecule has 0 atom stereocenters. The number of hydrogen-bond acceptors (Lipinski definition) is 3. The van der Waals surface area contributed by atoms with Gasteiger partial charge in [-0.05, 0) is 49.9 Å². The number of methoxy groups -OCH3 is 1. The number of nitrogens with zero attached hydrogens (tertiary/aromatic N) is 2. The molecule has 3 nitrogen and oxygen atoms in total. The fourth-order valence-corrected chi connectivity index (χ4v) is 2.86. The van der Waals surface area contributed by atoms with E-state index in [1.807, 2.05) is 6.07 Å². The first-order valence-electron chi connectivity index (χ1n) is 6.79. The third-order valence-corrected chi connectivity index (χ3v) is 4.43. The minimum atomic E-state index is -0.130. The monoisotopic (exact) mass is 258 g/mol. The van der Waals surface area contributed by atoms with E-state index >= 15 is 0 Å². The zero-order chi connectivity index (χ0) is 14.0. The maximum Gasteiger partial charge on any atom is 0.122 e. The van der Waals surface area contributed by atoms with Crippen LogP contribution in [-0.4, -0.2) is 20.7 Å². The molecule has 19 heavy (non-hydrogen) atoms. The van der Waals surface area contributed by atoms with E-state index in [1.165, 1.54) is 23.2 Å². The van der Waals surface area contributed by atoms with Crippen LogP contribution in [-0.2, 0) is 0 Å². The Morgan fingerprint density at radius 3 is 2.47 bits per heavy atom. The molecule has 0 heterocycles. The summed E-state index contributed by atoms with van der Waals surface area (Å²) in [6, 6.07) is 6.60. The molecule has 1 saturated carbocycles. The van der Waals surface area contributed by atoms with Crippen LogP contribution >= 0.6 is 0 Å². The van der Waals surface area contributed by atoms with Crippen molar-refractivity contribution >= 4 is 5.69 Å². The van der Waals surface area contributed by atoms with E-state index in [0.717, 1.165) is 25.1 Å². The van der Waals surface area contributed by atoms with Crippen LogP contribution in [0.15, 0.2) is 12.1 Å². The van der Waals surface area contributed by atoms with Gasteiger partial charge in [-0.15, -0.1) is 0 Å². The minimum Gasteiger partial charge on any atom is -0.496 e. The van der Waals surface area contributed by atoms with Crippen molar-refractivity contribution < 1.29 is 4.74 Å². The summed E-state index contributed by atoms with van der Waals surface area (Å²) < 4.78 is 5.34. The lowest BCUT2D eigenvalue weighted by atomic mass is 9.69. The average molecular weight is 258 g/mol. The van der Waals surface area contributed by atoms with Crippen LogP contribution in [0.25, 0.3) is 0 Å². The van der Waals surface area contributed by atoms with Crippen molar-refractivity contribution in [3.8, 4) is 11.8 Å². The van der Waals surface area contributed by atoms with E-state index < -0.39 is 0 Å². The topological polar surface area (TPSA) is 36.3 Å². The fraction of sp³-hybridized carbons (Fsp3) is 0.562. The van der Waals surface area contributed by atoms with E-state index in [4.69, 9.17) is 4.74 Å². The molecule has 1 aromatic rings. The van der Waals surface area contributed by atoms with Gasteiger partial charge in [-0.25, -0.2) is 0 Å². The van der Waals surface area contributed by atoms with Crippen molar-refractivity contribution in [1.29, 1.82) is 5.26 Å². The van der Waals surface area contributed by atoms with Crippen LogP contribution in [0.2, 0.25) is 0 Å². The summed E-state index contributed by atoms with van der Waals surface area (Å²) in [6.45, 7) is 5.01. The summed E-state index contributed by atoms with van der Waals surface area (Å²) >= 11 is 0. The second-order valence-corrected chi connectivity index (χ2v) is 5.64. The Hall–Kier alpha value is -1.69. The summed E-state index contributed by atoms with van der Waals surface area (Å²) in [5, 5.41) is 9.34. The van der Waals surface area contributed by atoms with Crippen LogP contribution in [0.4, 0.5) is 5.69 Å². The number of nitriles is 1. The van der Waals surface area contributed by atoms with Gasteiger partial charge in [0.2, 0.25) is 0 Å². The molecule has 1 aliphatic rings. The number of hydrogen-bond donors (Lipinski definition) is 0. The maximum absolute atomic E-state index is 9.34. The Bertz CT molecular complexity index is 512. The first-order chi connectivity index (χ1) is 9.03. The number of anilines is 1. The third-order valence-electron chi connectivity index (χ3n) is 4.43. The molecule has 1 aromatic carbocycles. The first kappa shape index (κ1) is 13.7. The van der Waals surface area contributed by atoms with Crippen LogP contribution in [0, 0.1) is 30.6 Å². The standard InChI is InChI=1S/C16H22N2O/c1-12-13(2)15(19-4)7-6-14(12)18(3)11-16(10-17)8-5-9-16/h6-7H,5,8-9,11H2,1-4H3. The second kappa shape index (κ2) is 5.13. The van der Waals surface area contributed by atoms with E-state index in [1.54, 1.807) is 7.11 Å². The van der Waals surface area contributed by atoms with Crippen LogP contribution < -0.4 is 9.64 Å². The lowest BCUT2D eigenvalue weighted by molar-refractivity contribution is 0.223. The summed E-state index contributed by atoms with van der Waals surface area (Å²) in [5.74, 6) is 0.924. The molecule has 0 bridgehead atoms. The molecule has 2 rings (SSSR count). The van der Waals surface area contributed by atoms with Gasteiger partial charge in [0.25, 0.3) is 0 Å². The summed E-state index contributed by atoms with van der Waals surface area (Å²) in [6.07, 6.45) is 3.24. The summed E-state index contributed by atoms with van der Waals surface area (Å²) in [5.41, 5.74) is 3.47. The quantitative estimate of drug-likeness (QED) is 0.830. The highest BCUT2D eigenvalue weighted by Gasteiger charge is 2.38. The third kappa shape index (κ3) is 2.40. The molecular weight excluding hydrogens is 236 g/mol. The Morgan fingerprint density at radius 2 is 2.00 bits per heavy atom. The van der Waals surface area contributed by atoms with Gasteiger partial charge in [0.1, 0.15) is 5.75 Å². The normalized spacial score (nSPS) is 16.4. The van der Waals surface area contributed by atoms with Crippen molar-refractivity contribution in [3.05, 3.63) is 23.3 Å². The van der Waals surface area contributed by atoms with Gasteiger partial charge in [-0.2, -0.15) is 5.26 Å². The predicted molar refractivity (Wildman–Crippen MR) is 77.6 cm³/mol. The molecule has 0 N–H and O–H groups in total. The molecule has 0 spiro atoms. The van der Waals surface area contributed by atoms with Crippen molar-refractivity contribution in [2.75, 3.05) is 25.6 Å². The van der Waals surface area contributed by atoms with E-state index in [9.17, 15) is 5.26 Å². The van der Waals surface area contributed by atoms with Crippen molar-refractivity contribution in [1.82, 2.24) is 0 Å². The molecule has 0 amide bonds. The lowest BCUT2D eigenvalue weighted by Crippen LogP contribution is -2.40. The minimum absolute atomic E-state index is 0.130. The van der Waals surface area contributed by atoms with E-state index in [-0.39, 0.29) is 5.41 Å². The number of rotatable bonds is 4. The van der Waals surface area contributed by atoms with Crippen molar-refractivity contribution in [2.45, 2.75) is 33.1 Å². The van der Waals surface area contributed by atoms with Crippen molar-refractivity contribution in [3.63, 3.8) is 0 Å². The SMILES string of the molecule is COc1ccc(N(C)CC2(C#N)CCC2)c(C)c1C. The van der Waals surface area contributed by atoms with Gasteiger partial charge in [0, 0.05) is 19.3 Å². The zero-order valence-electron chi connectivity index (χ0n) is 12.3. The van der Waals surface area contributed by atoms with Gasteiger partial charge >= 0.3 is 0 Å². The maximum atomic E-state index is 9.34. The van der Waals surface area contributed by atoms with Crippen LogP contribution in [0.3, 0.4) is 0 Å². The van der Waals surface area contributed by atoms with E-state index in [0.29, 0.717) is 0 Å². The first-order valence-corrected chi connectivity index (χ1v) is 6.79. The van der Waals surface area contributed by atoms with Gasteiger partial charge in [0.05, 0.1) is 18.6 Å². The molecular formula is C16H22N2O. The highest BCUT2D eigenvalue weighted by atomic mass is 16.5. The van der Waals surface area contributed by atoms with Gasteiger partial charge in [-0.3, -0.25) is 0 Å². The summed E-state index contributed by atoms with van der Waals surface area (Å²) in [7, 11) is 3.77. The molecule has 0 aliphatic heterocycles. The van der Waals surface area contributed by atoms with Crippen LogP contribution in [0.1, 0.15) is 30.4 Å². The largest absolute Gasteiger partial charge is 0.496 e. The number of benzene rings is 1. The molecule has 3 heteroatoms. The molecule has 1 fully saturated rings. The van der Waals surface area contributed by atoms with Gasteiger partial charge < -0.3 is 9.64 Å². The molecule has 102 valence electrons. The molecule has 0 aromatic heterocycles. The Kier molecular flexibility index (Phi) is 3.71. The molecule has 0 saturated heterocycles. The van der Waals surface area contributed by atoms with Crippen molar-refractivity contribution in [2.24, 2.45) is 5.41 Å². The van der Waals surface area contributed by atoms with E-state index in [2.05, 4.69) is 37.9 Å². The Morgan fingerprint density at radius 1 is 1.32 bits per heavy atom. The zero-order valence-corrected chi connectivity index (χ0v) is 12.3. The average Bonchev–Trinajstić information content (AvgIpc) is 2.36. The molecule has 0 radical (unpaired) electrons. The molecule has 1 aliphatic carbocycles.